The van der Waals surface area contributed by atoms with Gasteiger partial charge in [-0.05, 0) is 37.5 Å². The summed E-state index contributed by atoms with van der Waals surface area (Å²) in [7, 11) is 0. The molecule has 130 valence electrons. The Morgan fingerprint density at radius 1 is 1.44 bits per heavy atom. The molecule has 0 saturated carbocycles. The molecule has 1 unspecified atom stereocenters. The summed E-state index contributed by atoms with van der Waals surface area (Å²) in [6.45, 7) is 5.39. The molecule has 1 heterocycles. The van der Waals surface area contributed by atoms with Gasteiger partial charge in [0.05, 0.1) is 5.57 Å². The largest absolute Gasteiger partial charge is 0.458 e. The highest BCUT2D eigenvalue weighted by atomic mass is 19.1. The Hall–Kier alpha value is -2.69. The van der Waals surface area contributed by atoms with Gasteiger partial charge >= 0.3 is 5.97 Å². The van der Waals surface area contributed by atoms with Gasteiger partial charge in [-0.1, -0.05) is 24.8 Å². The van der Waals surface area contributed by atoms with Gasteiger partial charge in [-0.25, -0.2) is 9.18 Å². The van der Waals surface area contributed by atoms with Crippen LogP contribution in [0.5, 0.6) is 0 Å². The Morgan fingerprint density at radius 2 is 2.24 bits per heavy atom. The summed E-state index contributed by atoms with van der Waals surface area (Å²) < 4.78 is 19.0. The van der Waals surface area contributed by atoms with Crippen LogP contribution in [-0.4, -0.2) is 18.4 Å². The summed E-state index contributed by atoms with van der Waals surface area (Å²) in [5.74, 6) is -1.55. The molecule has 0 bridgehead atoms. The number of carbonyl (C=O) groups excluding carboxylic acids is 2. The lowest BCUT2D eigenvalue weighted by molar-refractivity contribution is -0.138. The van der Waals surface area contributed by atoms with Crippen LogP contribution in [0, 0.1) is 5.82 Å². The molecule has 3 rings (SSSR count). The molecule has 4 nitrogen and oxygen atoms in total. The zero-order valence-electron chi connectivity index (χ0n) is 14.1. The number of dihydropyridines is 1. The Balaban J connectivity index is 2.13. The predicted octanol–water partition coefficient (Wildman–Crippen LogP) is 3.52. The molecule has 0 saturated heterocycles. The van der Waals surface area contributed by atoms with Crippen LogP contribution in [0.4, 0.5) is 4.39 Å². The molecule has 0 amide bonds. The van der Waals surface area contributed by atoms with Crippen molar-refractivity contribution < 1.29 is 18.7 Å². The summed E-state index contributed by atoms with van der Waals surface area (Å²) in [5.41, 5.74) is 2.93. The lowest BCUT2D eigenvalue weighted by atomic mass is 9.75. The Morgan fingerprint density at radius 3 is 2.96 bits per heavy atom. The fourth-order valence-electron chi connectivity index (χ4n) is 3.49. The van der Waals surface area contributed by atoms with Crippen LogP contribution < -0.4 is 5.32 Å². The fraction of sp³-hybridized carbons (Fsp3) is 0.300. The van der Waals surface area contributed by atoms with Gasteiger partial charge in [0.25, 0.3) is 0 Å². The third-order valence-corrected chi connectivity index (χ3v) is 4.51. The Bertz CT molecular complexity index is 807. The highest BCUT2D eigenvalue weighted by Crippen LogP contribution is 2.42. The molecule has 2 aliphatic rings. The second kappa shape index (κ2) is 7.05. The highest BCUT2D eigenvalue weighted by molar-refractivity contribution is 6.03. The van der Waals surface area contributed by atoms with Crippen LogP contribution in [0.15, 0.2) is 59.5 Å². The van der Waals surface area contributed by atoms with Gasteiger partial charge in [-0.3, -0.25) is 4.79 Å². The van der Waals surface area contributed by atoms with Crippen LogP contribution in [0.2, 0.25) is 0 Å². The number of ether oxygens (including phenoxy) is 1. The third-order valence-electron chi connectivity index (χ3n) is 4.51. The van der Waals surface area contributed by atoms with Gasteiger partial charge in [-0.15, -0.1) is 0 Å². The number of Topliss-reactive ketones (excluding diaryl/α,β-unsaturated/α-hetero) is 1. The minimum absolute atomic E-state index is 0.00969. The minimum atomic E-state index is -0.614. The van der Waals surface area contributed by atoms with Crippen molar-refractivity contribution in [2.45, 2.75) is 32.1 Å². The number of allylic oxidation sites excluding steroid dienone is 3. The molecule has 1 aromatic carbocycles. The molecule has 1 aliphatic heterocycles. The zero-order valence-corrected chi connectivity index (χ0v) is 14.1. The molecule has 1 N–H and O–H groups in total. The maximum absolute atomic E-state index is 13.8. The lowest BCUT2D eigenvalue weighted by Gasteiger charge is -2.34. The monoisotopic (exact) mass is 341 g/mol. The van der Waals surface area contributed by atoms with Crippen molar-refractivity contribution >= 4 is 11.8 Å². The molecular formula is C20H20FNO3. The van der Waals surface area contributed by atoms with E-state index in [1.165, 1.54) is 18.2 Å². The molecule has 1 aliphatic carbocycles. The third kappa shape index (κ3) is 3.27. The molecule has 25 heavy (non-hydrogen) atoms. The molecule has 0 radical (unpaired) electrons. The summed E-state index contributed by atoms with van der Waals surface area (Å²) >= 11 is 0. The molecule has 1 aromatic rings. The van der Waals surface area contributed by atoms with Gasteiger partial charge < -0.3 is 10.1 Å². The summed E-state index contributed by atoms with van der Waals surface area (Å²) in [5, 5.41) is 3.19. The van der Waals surface area contributed by atoms with Gasteiger partial charge in [0.15, 0.2) is 5.78 Å². The van der Waals surface area contributed by atoms with Crippen molar-refractivity contribution in [2.75, 3.05) is 6.61 Å². The minimum Gasteiger partial charge on any atom is -0.458 e. The number of hydrogen-bond acceptors (Lipinski definition) is 4. The first-order chi connectivity index (χ1) is 12.0. The van der Waals surface area contributed by atoms with E-state index in [2.05, 4.69) is 11.9 Å². The van der Waals surface area contributed by atoms with E-state index in [1.807, 2.05) is 0 Å². The van der Waals surface area contributed by atoms with E-state index >= 15 is 0 Å². The highest BCUT2D eigenvalue weighted by Gasteiger charge is 2.39. The van der Waals surface area contributed by atoms with E-state index in [9.17, 15) is 14.0 Å². The number of hydrogen-bond donors (Lipinski definition) is 1. The van der Waals surface area contributed by atoms with E-state index in [0.29, 0.717) is 28.8 Å². The first kappa shape index (κ1) is 17.1. The van der Waals surface area contributed by atoms with E-state index < -0.39 is 17.7 Å². The van der Waals surface area contributed by atoms with Crippen LogP contribution in [-0.2, 0) is 14.3 Å². The number of carbonyl (C=O) groups is 2. The number of benzene rings is 1. The standard InChI is InChI=1S/C20H20FNO3/c1-3-10-25-20(24)17-12(2)22-15-8-5-9-16(23)19(15)18(17)13-6-4-7-14(21)11-13/h3-4,6-7,11,18,22H,1,5,8-10H2,2H3. The van der Waals surface area contributed by atoms with Gasteiger partial charge in [0.1, 0.15) is 12.4 Å². The average Bonchev–Trinajstić information content (AvgIpc) is 2.58. The van der Waals surface area contributed by atoms with Crippen LogP contribution in [0.3, 0.4) is 0 Å². The Labute approximate surface area is 146 Å². The zero-order chi connectivity index (χ0) is 18.0. The van der Waals surface area contributed by atoms with E-state index in [1.54, 1.807) is 19.1 Å². The first-order valence-corrected chi connectivity index (χ1v) is 8.30. The number of rotatable bonds is 4. The fourth-order valence-corrected chi connectivity index (χ4v) is 3.49. The second-order valence-electron chi connectivity index (χ2n) is 6.21. The molecule has 0 aromatic heterocycles. The molecule has 0 spiro atoms. The SMILES string of the molecule is C=CCOC(=O)C1=C(C)NC2=C(C(=O)CCC2)C1c1cccc(F)c1. The first-order valence-electron chi connectivity index (χ1n) is 8.30. The van der Waals surface area contributed by atoms with Crippen molar-refractivity contribution in [3.05, 3.63) is 70.8 Å². The molecule has 0 fully saturated rings. The van der Waals surface area contributed by atoms with E-state index in [4.69, 9.17) is 4.74 Å². The topological polar surface area (TPSA) is 55.4 Å². The summed E-state index contributed by atoms with van der Waals surface area (Å²) in [6.07, 6.45) is 3.42. The summed E-state index contributed by atoms with van der Waals surface area (Å²) in [6, 6.07) is 6.04. The second-order valence-corrected chi connectivity index (χ2v) is 6.21. The normalized spacial score (nSPS) is 20.1. The van der Waals surface area contributed by atoms with Crippen molar-refractivity contribution in [3.63, 3.8) is 0 Å². The van der Waals surface area contributed by atoms with Crippen LogP contribution in [0.25, 0.3) is 0 Å². The van der Waals surface area contributed by atoms with Gasteiger partial charge in [-0.2, -0.15) is 0 Å². The van der Waals surface area contributed by atoms with Crippen molar-refractivity contribution in [1.29, 1.82) is 0 Å². The van der Waals surface area contributed by atoms with Crippen molar-refractivity contribution in [2.24, 2.45) is 0 Å². The van der Waals surface area contributed by atoms with Crippen molar-refractivity contribution in [3.8, 4) is 0 Å². The smallest absolute Gasteiger partial charge is 0.337 e. The number of esters is 1. The molecular weight excluding hydrogens is 321 g/mol. The molecule has 5 heteroatoms. The van der Waals surface area contributed by atoms with Gasteiger partial charge in [0.2, 0.25) is 0 Å². The number of nitrogens with one attached hydrogen (secondary N) is 1. The quantitative estimate of drug-likeness (QED) is 0.672. The van der Waals surface area contributed by atoms with E-state index in [-0.39, 0.29) is 12.4 Å². The summed E-state index contributed by atoms with van der Waals surface area (Å²) in [4.78, 5) is 25.2. The van der Waals surface area contributed by atoms with Gasteiger partial charge in [0, 0.05) is 29.3 Å². The number of ketones is 1. The lowest BCUT2D eigenvalue weighted by Crippen LogP contribution is -2.34. The van der Waals surface area contributed by atoms with E-state index in [0.717, 1.165) is 18.5 Å². The van der Waals surface area contributed by atoms with Crippen molar-refractivity contribution in [1.82, 2.24) is 5.32 Å². The molecule has 1 atom stereocenters. The maximum Gasteiger partial charge on any atom is 0.337 e. The predicted molar refractivity (Wildman–Crippen MR) is 92.0 cm³/mol. The maximum atomic E-state index is 13.8. The Kier molecular flexibility index (Phi) is 4.83. The van der Waals surface area contributed by atoms with Crippen LogP contribution >= 0.6 is 0 Å². The van der Waals surface area contributed by atoms with Crippen LogP contribution in [0.1, 0.15) is 37.7 Å². The number of halogens is 1. The average molecular weight is 341 g/mol.